The summed E-state index contributed by atoms with van der Waals surface area (Å²) in [5, 5.41) is 7.95. The van der Waals surface area contributed by atoms with Crippen LogP contribution >= 0.6 is 0 Å². The third-order valence-corrected chi connectivity index (χ3v) is 3.84. The highest BCUT2D eigenvalue weighted by molar-refractivity contribution is 5.42. The Morgan fingerprint density at radius 2 is 1.96 bits per heavy atom. The van der Waals surface area contributed by atoms with E-state index in [0.29, 0.717) is 0 Å². The molecule has 5 nitrogen and oxygen atoms in total. The third kappa shape index (κ3) is 4.26. The van der Waals surface area contributed by atoms with Gasteiger partial charge >= 0.3 is 0 Å². The highest BCUT2D eigenvalue weighted by Gasteiger charge is 2.15. The Morgan fingerprint density at radius 3 is 2.52 bits per heavy atom. The van der Waals surface area contributed by atoms with E-state index in [9.17, 15) is 0 Å². The number of aromatic nitrogens is 2. The average Bonchev–Trinajstić information content (AvgIpc) is 3.01. The van der Waals surface area contributed by atoms with Crippen LogP contribution in [0.4, 0.5) is 0 Å². The van der Waals surface area contributed by atoms with Crippen molar-refractivity contribution in [1.29, 1.82) is 0 Å². The number of benzene rings is 1. The van der Waals surface area contributed by atoms with Gasteiger partial charge in [-0.05, 0) is 33.8 Å². The molecule has 5 heteroatoms. The van der Waals surface area contributed by atoms with Crippen LogP contribution < -0.4 is 14.8 Å². The summed E-state index contributed by atoms with van der Waals surface area (Å²) in [7, 11) is 3.33. The highest BCUT2D eigenvalue weighted by Crippen LogP contribution is 2.29. The summed E-state index contributed by atoms with van der Waals surface area (Å²) in [4.78, 5) is 0. The average molecular weight is 317 g/mol. The van der Waals surface area contributed by atoms with Gasteiger partial charge in [-0.2, -0.15) is 5.10 Å². The van der Waals surface area contributed by atoms with Gasteiger partial charge in [-0.15, -0.1) is 0 Å². The number of nitrogens with zero attached hydrogens (tertiary/aromatic N) is 2. The lowest BCUT2D eigenvalue weighted by Gasteiger charge is -2.19. The molecule has 2 aromatic rings. The number of methoxy groups -OCH3 is 2. The monoisotopic (exact) mass is 317 g/mol. The second-order valence-corrected chi connectivity index (χ2v) is 6.67. The predicted molar refractivity (Wildman–Crippen MR) is 92.0 cm³/mol. The third-order valence-electron chi connectivity index (χ3n) is 3.84. The minimum atomic E-state index is 0.00305. The Balaban J connectivity index is 2.05. The molecule has 0 fully saturated rings. The molecule has 0 amide bonds. The molecular weight excluding hydrogens is 290 g/mol. The summed E-state index contributed by atoms with van der Waals surface area (Å²) in [6.07, 6.45) is 4.00. The first-order chi connectivity index (χ1) is 10.8. The predicted octanol–water partition coefficient (Wildman–Crippen LogP) is 3.51. The molecule has 0 aliphatic heterocycles. The van der Waals surface area contributed by atoms with Gasteiger partial charge in [-0.25, -0.2) is 0 Å². The van der Waals surface area contributed by atoms with Gasteiger partial charge in [-0.1, -0.05) is 6.07 Å². The van der Waals surface area contributed by atoms with E-state index in [1.165, 1.54) is 5.56 Å². The molecule has 1 aromatic carbocycles. The molecule has 1 N–H and O–H groups in total. The van der Waals surface area contributed by atoms with Gasteiger partial charge in [-0.3, -0.25) is 4.68 Å². The topological polar surface area (TPSA) is 48.3 Å². The van der Waals surface area contributed by atoms with Crippen molar-refractivity contribution >= 4 is 0 Å². The normalized spacial score (nSPS) is 13.0. The van der Waals surface area contributed by atoms with Crippen LogP contribution in [0, 0.1) is 0 Å². The van der Waals surface area contributed by atoms with Crippen LogP contribution in [-0.2, 0) is 12.1 Å². The lowest BCUT2D eigenvalue weighted by atomic mass is 10.1. The Bertz CT molecular complexity index is 644. The zero-order valence-corrected chi connectivity index (χ0v) is 14.9. The number of hydrogen-bond acceptors (Lipinski definition) is 4. The number of rotatable bonds is 6. The van der Waals surface area contributed by atoms with Gasteiger partial charge in [0.25, 0.3) is 0 Å². The fraction of sp³-hybridized carbons (Fsp3) is 0.500. The van der Waals surface area contributed by atoms with Gasteiger partial charge in [0.2, 0.25) is 0 Å². The first kappa shape index (κ1) is 17.3. The van der Waals surface area contributed by atoms with E-state index in [-0.39, 0.29) is 11.6 Å². The van der Waals surface area contributed by atoms with Crippen molar-refractivity contribution in [3.8, 4) is 11.5 Å². The lowest BCUT2D eigenvalue weighted by molar-refractivity contribution is 0.355. The molecule has 0 aliphatic rings. The quantitative estimate of drug-likeness (QED) is 0.886. The fourth-order valence-electron chi connectivity index (χ4n) is 2.38. The molecule has 0 unspecified atom stereocenters. The Kier molecular flexibility index (Phi) is 5.31. The van der Waals surface area contributed by atoms with Crippen molar-refractivity contribution in [2.24, 2.45) is 0 Å². The van der Waals surface area contributed by atoms with Crippen LogP contribution in [0.5, 0.6) is 11.5 Å². The number of ether oxygens (including phenoxy) is 2. The Hall–Kier alpha value is -2.01. The summed E-state index contributed by atoms with van der Waals surface area (Å²) >= 11 is 0. The second kappa shape index (κ2) is 7.04. The summed E-state index contributed by atoms with van der Waals surface area (Å²) in [5.41, 5.74) is 2.28. The van der Waals surface area contributed by atoms with Gasteiger partial charge in [0.1, 0.15) is 11.5 Å². The van der Waals surface area contributed by atoms with E-state index in [4.69, 9.17) is 9.47 Å². The smallest absolute Gasteiger partial charge is 0.127 e. The van der Waals surface area contributed by atoms with Crippen LogP contribution in [0.25, 0.3) is 0 Å². The minimum Gasteiger partial charge on any atom is -0.497 e. The zero-order chi connectivity index (χ0) is 17.0. The second-order valence-electron chi connectivity index (χ2n) is 6.67. The van der Waals surface area contributed by atoms with Crippen LogP contribution in [0.3, 0.4) is 0 Å². The van der Waals surface area contributed by atoms with E-state index in [0.717, 1.165) is 23.6 Å². The Morgan fingerprint density at radius 1 is 1.22 bits per heavy atom. The minimum absolute atomic E-state index is 0.00305. The molecule has 126 valence electrons. The van der Waals surface area contributed by atoms with E-state index in [2.05, 4.69) is 44.3 Å². The lowest BCUT2D eigenvalue weighted by Crippen LogP contribution is -2.22. The maximum atomic E-state index is 5.47. The molecule has 1 atom stereocenters. The van der Waals surface area contributed by atoms with Gasteiger partial charge in [0.15, 0.2) is 0 Å². The van der Waals surface area contributed by atoms with Crippen molar-refractivity contribution in [3.05, 3.63) is 41.7 Å². The van der Waals surface area contributed by atoms with Crippen LogP contribution in [0.1, 0.15) is 44.9 Å². The maximum Gasteiger partial charge on any atom is 0.127 e. The SMILES string of the molecule is COc1ccc([C@@H](C)NCc2cnn(C(C)(C)C)c2)c(OC)c1. The van der Waals surface area contributed by atoms with Gasteiger partial charge < -0.3 is 14.8 Å². The van der Waals surface area contributed by atoms with Crippen molar-refractivity contribution in [2.45, 2.75) is 45.8 Å². The first-order valence-corrected chi connectivity index (χ1v) is 7.84. The largest absolute Gasteiger partial charge is 0.497 e. The molecule has 0 spiro atoms. The molecule has 0 saturated heterocycles. The molecule has 0 saturated carbocycles. The van der Waals surface area contributed by atoms with Crippen LogP contribution in [0.15, 0.2) is 30.6 Å². The maximum absolute atomic E-state index is 5.47. The molecule has 1 aromatic heterocycles. The number of nitrogens with one attached hydrogen (secondary N) is 1. The highest BCUT2D eigenvalue weighted by atomic mass is 16.5. The molecule has 2 rings (SSSR count). The van der Waals surface area contributed by atoms with Gasteiger partial charge in [0.05, 0.1) is 26.0 Å². The van der Waals surface area contributed by atoms with Gasteiger partial charge in [0, 0.05) is 36.0 Å². The standard InChI is InChI=1S/C18H27N3O2/c1-13(16-8-7-15(22-5)9-17(16)23-6)19-10-14-11-20-21(12-14)18(2,3)4/h7-9,11-13,19H,10H2,1-6H3/t13-/m1/s1. The zero-order valence-electron chi connectivity index (χ0n) is 14.9. The van der Waals surface area contributed by atoms with E-state index < -0.39 is 0 Å². The van der Waals surface area contributed by atoms with Crippen molar-refractivity contribution in [2.75, 3.05) is 14.2 Å². The van der Waals surface area contributed by atoms with Crippen molar-refractivity contribution in [1.82, 2.24) is 15.1 Å². The molecular formula is C18H27N3O2. The molecule has 1 heterocycles. The molecule has 0 radical (unpaired) electrons. The molecule has 23 heavy (non-hydrogen) atoms. The molecule has 0 aliphatic carbocycles. The fourth-order valence-corrected chi connectivity index (χ4v) is 2.38. The van der Waals surface area contributed by atoms with E-state index >= 15 is 0 Å². The number of hydrogen-bond donors (Lipinski definition) is 1. The van der Waals surface area contributed by atoms with E-state index in [1.54, 1.807) is 14.2 Å². The summed E-state index contributed by atoms with van der Waals surface area (Å²) < 4.78 is 12.7. The van der Waals surface area contributed by atoms with Crippen LogP contribution in [0.2, 0.25) is 0 Å². The van der Waals surface area contributed by atoms with E-state index in [1.807, 2.05) is 29.1 Å². The summed E-state index contributed by atoms with van der Waals surface area (Å²) in [5.74, 6) is 1.62. The Labute approximate surface area is 138 Å². The molecule has 0 bridgehead atoms. The summed E-state index contributed by atoms with van der Waals surface area (Å²) in [6.45, 7) is 9.30. The van der Waals surface area contributed by atoms with Crippen molar-refractivity contribution < 1.29 is 9.47 Å². The van der Waals surface area contributed by atoms with Crippen LogP contribution in [-0.4, -0.2) is 24.0 Å². The van der Waals surface area contributed by atoms with Crippen molar-refractivity contribution in [3.63, 3.8) is 0 Å². The first-order valence-electron chi connectivity index (χ1n) is 7.84. The summed E-state index contributed by atoms with van der Waals surface area (Å²) in [6, 6.07) is 6.06.